The van der Waals surface area contributed by atoms with Crippen molar-refractivity contribution in [3.05, 3.63) is 0 Å². The molecular formula is C14H25F3N2. The second kappa shape index (κ2) is 6.00. The third-order valence-electron chi connectivity index (χ3n) is 4.40. The Balaban J connectivity index is 1.71. The van der Waals surface area contributed by atoms with Crippen molar-refractivity contribution in [1.29, 1.82) is 0 Å². The number of hydrogen-bond donors (Lipinski definition) is 0. The summed E-state index contributed by atoms with van der Waals surface area (Å²) in [4.78, 5) is 4.98. The van der Waals surface area contributed by atoms with Crippen LogP contribution >= 0.6 is 0 Å². The predicted molar refractivity (Wildman–Crippen MR) is 70.1 cm³/mol. The Labute approximate surface area is 113 Å². The van der Waals surface area contributed by atoms with Gasteiger partial charge in [0.15, 0.2) is 0 Å². The van der Waals surface area contributed by atoms with E-state index in [1.807, 2.05) is 0 Å². The minimum atomic E-state index is -3.99. The Morgan fingerprint density at radius 3 is 2.11 bits per heavy atom. The van der Waals surface area contributed by atoms with Gasteiger partial charge in [-0.25, -0.2) is 0 Å². The lowest BCUT2D eigenvalue weighted by Crippen LogP contribution is -2.55. The molecule has 0 aromatic heterocycles. The second-order valence-electron chi connectivity index (χ2n) is 6.26. The van der Waals surface area contributed by atoms with Crippen LogP contribution in [-0.2, 0) is 0 Å². The number of hydrogen-bond acceptors (Lipinski definition) is 2. The number of likely N-dealkylation sites (tertiary alicyclic amines) is 1. The van der Waals surface area contributed by atoms with Gasteiger partial charge < -0.3 is 4.90 Å². The van der Waals surface area contributed by atoms with E-state index in [9.17, 15) is 13.2 Å². The van der Waals surface area contributed by atoms with Gasteiger partial charge in [0, 0.05) is 37.6 Å². The van der Waals surface area contributed by atoms with Crippen LogP contribution in [0.3, 0.4) is 0 Å². The van der Waals surface area contributed by atoms with Gasteiger partial charge in [-0.15, -0.1) is 0 Å². The van der Waals surface area contributed by atoms with Crippen LogP contribution < -0.4 is 0 Å². The summed E-state index contributed by atoms with van der Waals surface area (Å²) in [6, 6.07) is 1.84. The van der Waals surface area contributed by atoms with Gasteiger partial charge in [-0.05, 0) is 46.1 Å². The molecule has 2 aliphatic rings. The highest BCUT2D eigenvalue weighted by molar-refractivity contribution is 4.97. The molecule has 2 unspecified atom stereocenters. The largest absolute Gasteiger partial charge is 0.389 e. The molecule has 2 rings (SSSR count). The fraction of sp³-hybridized carbons (Fsp3) is 1.00. The zero-order valence-electron chi connectivity index (χ0n) is 11.9. The van der Waals surface area contributed by atoms with Crippen molar-refractivity contribution in [3.63, 3.8) is 0 Å². The zero-order chi connectivity index (χ0) is 14.0. The molecule has 2 bridgehead atoms. The molecule has 2 atom stereocenters. The molecule has 112 valence electrons. The first-order chi connectivity index (χ1) is 8.87. The van der Waals surface area contributed by atoms with Crippen molar-refractivity contribution in [2.75, 3.05) is 19.6 Å². The van der Waals surface area contributed by atoms with E-state index in [0.29, 0.717) is 24.5 Å². The first kappa shape index (κ1) is 15.1. The average molecular weight is 278 g/mol. The second-order valence-corrected chi connectivity index (χ2v) is 6.26. The number of rotatable bonds is 5. The van der Waals surface area contributed by atoms with Crippen LogP contribution in [0.25, 0.3) is 0 Å². The molecule has 0 aromatic carbocycles. The summed E-state index contributed by atoms with van der Waals surface area (Å²) in [6.45, 7) is 7.39. The number of unbranched alkanes of at least 4 members (excludes halogenated alkanes) is 1. The van der Waals surface area contributed by atoms with E-state index in [0.717, 1.165) is 19.6 Å². The van der Waals surface area contributed by atoms with Gasteiger partial charge in [-0.3, -0.25) is 4.90 Å². The monoisotopic (exact) mass is 278 g/mol. The summed E-state index contributed by atoms with van der Waals surface area (Å²) in [5.41, 5.74) is 0. The molecule has 0 N–H and O–H groups in total. The predicted octanol–water partition coefficient (Wildman–Crippen LogP) is 3.28. The van der Waals surface area contributed by atoms with Crippen molar-refractivity contribution in [3.8, 4) is 0 Å². The molecule has 5 heteroatoms. The molecule has 2 fully saturated rings. The number of nitrogens with zero attached hydrogens (tertiary/aromatic N) is 2. The molecule has 0 spiro atoms. The Bertz CT molecular complexity index is 277. The summed E-state index contributed by atoms with van der Waals surface area (Å²) < 4.78 is 36.2. The lowest BCUT2D eigenvalue weighted by Gasteiger charge is -2.43. The van der Waals surface area contributed by atoms with E-state index >= 15 is 0 Å². The topological polar surface area (TPSA) is 6.48 Å². The standard InChI is InChI=1S/C14H25F3N2/c1-11(2)19-12-5-6-13(19)10-18(9-12)8-4-3-7-14(15,16)17/h11-13H,3-10H2,1-2H3. The van der Waals surface area contributed by atoms with Gasteiger partial charge in [0.2, 0.25) is 0 Å². The third kappa shape index (κ3) is 4.09. The molecule has 0 radical (unpaired) electrons. The number of alkyl halides is 3. The maximum atomic E-state index is 12.1. The molecular weight excluding hydrogens is 253 g/mol. The van der Waals surface area contributed by atoms with Gasteiger partial charge in [-0.2, -0.15) is 13.2 Å². The zero-order valence-corrected chi connectivity index (χ0v) is 11.9. The summed E-state index contributed by atoms with van der Waals surface area (Å²) in [5.74, 6) is 0. The highest BCUT2D eigenvalue weighted by atomic mass is 19.4. The number of fused-ring (bicyclic) bond motifs is 2. The minimum absolute atomic E-state index is 0.267. The van der Waals surface area contributed by atoms with Crippen molar-refractivity contribution in [1.82, 2.24) is 9.80 Å². The normalized spacial score (nSPS) is 29.4. The molecule has 2 saturated heterocycles. The van der Waals surface area contributed by atoms with Crippen LogP contribution in [0.4, 0.5) is 13.2 Å². The average Bonchev–Trinajstić information content (AvgIpc) is 2.56. The summed E-state index contributed by atoms with van der Waals surface area (Å²) in [5, 5.41) is 0. The van der Waals surface area contributed by atoms with E-state index in [2.05, 4.69) is 23.6 Å². The molecule has 0 amide bonds. The Kier molecular flexibility index (Phi) is 4.77. The summed E-state index contributed by atoms with van der Waals surface area (Å²) in [7, 11) is 0. The number of halogens is 3. The van der Waals surface area contributed by atoms with Crippen molar-refractivity contribution < 1.29 is 13.2 Å². The molecule has 0 aliphatic carbocycles. The Morgan fingerprint density at radius 2 is 1.63 bits per heavy atom. The van der Waals surface area contributed by atoms with Crippen LogP contribution in [0.5, 0.6) is 0 Å². The van der Waals surface area contributed by atoms with Crippen molar-refractivity contribution in [2.24, 2.45) is 0 Å². The summed E-state index contributed by atoms with van der Waals surface area (Å²) >= 11 is 0. The van der Waals surface area contributed by atoms with Crippen molar-refractivity contribution in [2.45, 2.75) is 70.3 Å². The van der Waals surface area contributed by atoms with Crippen molar-refractivity contribution >= 4 is 0 Å². The van der Waals surface area contributed by atoms with Gasteiger partial charge in [0.1, 0.15) is 0 Å². The van der Waals surface area contributed by atoms with E-state index in [1.165, 1.54) is 12.8 Å². The summed E-state index contributed by atoms with van der Waals surface area (Å²) in [6.07, 6.45) is -1.19. The highest BCUT2D eigenvalue weighted by Gasteiger charge is 2.40. The first-order valence-corrected chi connectivity index (χ1v) is 7.43. The molecule has 0 saturated carbocycles. The highest BCUT2D eigenvalue weighted by Crippen LogP contribution is 2.32. The SMILES string of the molecule is CC(C)N1C2CCC1CN(CCCCC(F)(F)F)C2. The van der Waals surface area contributed by atoms with Crippen LogP contribution in [-0.4, -0.2) is 53.7 Å². The Morgan fingerprint density at radius 1 is 1.05 bits per heavy atom. The number of piperazine rings is 1. The van der Waals surface area contributed by atoms with E-state index in [1.54, 1.807) is 0 Å². The van der Waals surface area contributed by atoms with E-state index in [-0.39, 0.29) is 6.42 Å². The van der Waals surface area contributed by atoms with E-state index in [4.69, 9.17) is 0 Å². The fourth-order valence-corrected chi connectivity index (χ4v) is 3.71. The molecule has 2 nitrogen and oxygen atoms in total. The molecule has 2 heterocycles. The third-order valence-corrected chi connectivity index (χ3v) is 4.40. The van der Waals surface area contributed by atoms with Crippen LogP contribution in [0.1, 0.15) is 46.0 Å². The Hall–Kier alpha value is -0.290. The minimum Gasteiger partial charge on any atom is -0.300 e. The van der Waals surface area contributed by atoms with Gasteiger partial charge in [0.05, 0.1) is 0 Å². The van der Waals surface area contributed by atoms with Crippen LogP contribution in [0, 0.1) is 0 Å². The lowest BCUT2D eigenvalue weighted by molar-refractivity contribution is -0.135. The van der Waals surface area contributed by atoms with E-state index < -0.39 is 12.6 Å². The smallest absolute Gasteiger partial charge is 0.300 e. The lowest BCUT2D eigenvalue weighted by atomic mass is 10.1. The van der Waals surface area contributed by atoms with Gasteiger partial charge in [-0.1, -0.05) is 0 Å². The quantitative estimate of drug-likeness (QED) is 0.712. The molecule has 19 heavy (non-hydrogen) atoms. The van der Waals surface area contributed by atoms with Gasteiger partial charge >= 0.3 is 6.18 Å². The molecule has 0 aromatic rings. The molecule has 2 aliphatic heterocycles. The fourth-order valence-electron chi connectivity index (χ4n) is 3.71. The maximum Gasteiger partial charge on any atom is 0.389 e. The van der Waals surface area contributed by atoms with Crippen LogP contribution in [0.15, 0.2) is 0 Å². The van der Waals surface area contributed by atoms with Gasteiger partial charge in [0.25, 0.3) is 0 Å². The first-order valence-electron chi connectivity index (χ1n) is 7.43. The van der Waals surface area contributed by atoms with Crippen LogP contribution in [0.2, 0.25) is 0 Å². The maximum absolute atomic E-state index is 12.1.